The number of aliphatic hydroxyl groups excluding tert-OH is 1. The predicted octanol–water partition coefficient (Wildman–Crippen LogP) is 12.4. The van der Waals surface area contributed by atoms with Crippen LogP contribution in [0.4, 0.5) is 0 Å². The molecule has 1 atom stereocenters. The highest BCUT2D eigenvalue weighted by molar-refractivity contribution is 5.69. The van der Waals surface area contributed by atoms with Crippen LogP contribution in [0, 0.1) is 0 Å². The first kappa shape index (κ1) is 44.6. The molecule has 1 N–H and O–H groups in total. The maximum atomic E-state index is 12.2. The fourth-order valence-corrected chi connectivity index (χ4v) is 4.89. The summed E-state index contributed by atoms with van der Waals surface area (Å²) in [5.74, 6) is -0.234. The van der Waals surface area contributed by atoms with Gasteiger partial charge in [0.1, 0.15) is 6.10 Å². The molecule has 0 radical (unpaired) electrons. The Morgan fingerprint density at radius 2 is 0.957 bits per heavy atom. The highest BCUT2D eigenvalue weighted by atomic mass is 16.6. The van der Waals surface area contributed by atoms with Gasteiger partial charge in [-0.05, 0) is 77.0 Å². The second-order valence-corrected chi connectivity index (χ2v) is 12.3. The van der Waals surface area contributed by atoms with Gasteiger partial charge >= 0.3 is 5.97 Å². The third-order valence-corrected chi connectivity index (χ3v) is 7.72. The van der Waals surface area contributed by atoms with Crippen LogP contribution in [0.2, 0.25) is 0 Å². The molecule has 0 rings (SSSR count). The molecule has 268 valence electrons. The van der Waals surface area contributed by atoms with E-state index in [1.54, 1.807) is 0 Å². The number of unbranched alkanes of at least 4 members (excludes halogenated alkanes) is 12. The summed E-state index contributed by atoms with van der Waals surface area (Å²) in [5, 5.41) is 9.56. The number of hydrogen-bond donors (Lipinski definition) is 1. The molecular weight excluding hydrogens is 580 g/mol. The second-order valence-electron chi connectivity index (χ2n) is 12.3. The van der Waals surface area contributed by atoms with Crippen molar-refractivity contribution >= 4 is 5.97 Å². The van der Waals surface area contributed by atoms with E-state index >= 15 is 0 Å². The van der Waals surface area contributed by atoms with Gasteiger partial charge in [0.15, 0.2) is 0 Å². The van der Waals surface area contributed by atoms with E-state index in [9.17, 15) is 9.90 Å². The largest absolute Gasteiger partial charge is 0.457 e. The normalized spacial score (nSPS) is 13.3. The van der Waals surface area contributed by atoms with E-state index < -0.39 is 6.10 Å². The average molecular weight is 653 g/mol. The lowest BCUT2D eigenvalue weighted by Crippen LogP contribution is -2.27. The molecule has 0 saturated heterocycles. The predicted molar refractivity (Wildman–Crippen MR) is 205 cm³/mol. The van der Waals surface area contributed by atoms with E-state index in [4.69, 9.17) is 9.47 Å². The van der Waals surface area contributed by atoms with Gasteiger partial charge in [0, 0.05) is 6.42 Å². The molecular formula is C43H72O4. The van der Waals surface area contributed by atoms with E-state index in [2.05, 4.69) is 98.9 Å². The van der Waals surface area contributed by atoms with Gasteiger partial charge < -0.3 is 14.6 Å². The Morgan fingerprint density at radius 3 is 1.45 bits per heavy atom. The zero-order chi connectivity index (χ0) is 34.1. The van der Waals surface area contributed by atoms with E-state index in [0.29, 0.717) is 13.0 Å². The summed E-state index contributed by atoms with van der Waals surface area (Å²) in [5.41, 5.74) is 0. The summed E-state index contributed by atoms with van der Waals surface area (Å²) in [4.78, 5) is 12.2. The van der Waals surface area contributed by atoms with Crippen molar-refractivity contribution in [3.63, 3.8) is 0 Å². The van der Waals surface area contributed by atoms with Crippen molar-refractivity contribution in [2.24, 2.45) is 0 Å². The van der Waals surface area contributed by atoms with Crippen molar-refractivity contribution in [1.82, 2.24) is 0 Å². The monoisotopic (exact) mass is 653 g/mol. The van der Waals surface area contributed by atoms with Crippen LogP contribution in [0.25, 0.3) is 0 Å². The van der Waals surface area contributed by atoms with E-state index in [1.807, 2.05) is 0 Å². The number of carbonyl (C=O) groups excluding carboxylic acids is 1. The molecule has 4 heteroatoms. The number of rotatable bonds is 34. The first-order valence-corrected chi connectivity index (χ1v) is 19.2. The molecule has 0 amide bonds. The molecule has 0 aromatic heterocycles. The quantitative estimate of drug-likeness (QED) is 0.0427. The van der Waals surface area contributed by atoms with Gasteiger partial charge in [0.2, 0.25) is 0 Å². The Hall–Kier alpha value is -2.43. The lowest BCUT2D eigenvalue weighted by molar-refractivity contribution is -0.154. The third-order valence-electron chi connectivity index (χ3n) is 7.72. The van der Waals surface area contributed by atoms with Crippen molar-refractivity contribution < 1.29 is 19.4 Å². The summed E-state index contributed by atoms with van der Waals surface area (Å²) in [6, 6.07) is 0. The van der Waals surface area contributed by atoms with E-state index in [1.165, 1.54) is 77.0 Å². The molecule has 47 heavy (non-hydrogen) atoms. The average Bonchev–Trinajstić information content (AvgIpc) is 3.08. The molecule has 4 nitrogen and oxygen atoms in total. The topological polar surface area (TPSA) is 55.8 Å². The van der Waals surface area contributed by atoms with Crippen LogP contribution in [0.5, 0.6) is 0 Å². The number of allylic oxidation sites excluding steroid dienone is 13. The molecule has 0 aromatic rings. The first-order valence-electron chi connectivity index (χ1n) is 19.2. The number of ether oxygens (including phenoxy) is 2. The molecule has 0 aliphatic heterocycles. The lowest BCUT2D eigenvalue weighted by atomic mass is 10.1. The molecule has 0 saturated carbocycles. The van der Waals surface area contributed by atoms with Crippen LogP contribution in [0.15, 0.2) is 85.1 Å². The number of aliphatic hydroxyl groups is 1. The maximum absolute atomic E-state index is 12.2. The van der Waals surface area contributed by atoms with Crippen molar-refractivity contribution in [1.29, 1.82) is 0 Å². The van der Waals surface area contributed by atoms with Crippen molar-refractivity contribution in [3.8, 4) is 0 Å². The molecule has 1 unspecified atom stereocenters. The zero-order valence-electron chi connectivity index (χ0n) is 30.5. The minimum Gasteiger partial charge on any atom is -0.457 e. The zero-order valence-corrected chi connectivity index (χ0v) is 30.5. The number of esters is 1. The smallest absolute Gasteiger partial charge is 0.306 e. The molecule has 0 fully saturated rings. The Bertz CT molecular complexity index is 861. The molecule has 0 heterocycles. The summed E-state index contributed by atoms with van der Waals surface area (Å²) < 4.78 is 11.0. The van der Waals surface area contributed by atoms with Gasteiger partial charge in [-0.25, -0.2) is 0 Å². The first-order chi connectivity index (χ1) is 23.2. The Balaban J connectivity index is 3.58. The molecule has 0 aliphatic rings. The number of carbonyl (C=O) groups is 1. The standard InChI is InChI=1S/C43H72O4/c1-3-5-7-9-11-13-15-17-19-21-22-23-24-26-28-30-32-34-36-38-43(45)47-42(40-44)41-46-39-37-35-33-31-29-27-25-20-18-16-14-12-10-8-6-4-2/h6,8,11-14,17-20,27,29,33,35,42,44H,3-5,7,9-10,15-16,21-26,28,30-32,34,36-41H2,1-2H3/b8-6-,13-11-,14-12-,19-17-,20-18-,29-27-,35-33-. The summed E-state index contributed by atoms with van der Waals surface area (Å²) >= 11 is 0. The Kier molecular flexibility index (Phi) is 37.7. The third kappa shape index (κ3) is 37.9. The van der Waals surface area contributed by atoms with Crippen LogP contribution in [0.1, 0.15) is 155 Å². The highest BCUT2D eigenvalue weighted by Crippen LogP contribution is 2.12. The fraction of sp³-hybridized carbons (Fsp3) is 0.651. The van der Waals surface area contributed by atoms with Crippen LogP contribution < -0.4 is 0 Å². The van der Waals surface area contributed by atoms with E-state index in [0.717, 1.165) is 57.8 Å². The van der Waals surface area contributed by atoms with E-state index in [-0.39, 0.29) is 19.2 Å². The van der Waals surface area contributed by atoms with Crippen LogP contribution in [-0.4, -0.2) is 37.0 Å². The summed E-state index contributed by atoms with van der Waals surface area (Å²) in [7, 11) is 0. The molecule has 0 spiro atoms. The summed E-state index contributed by atoms with van der Waals surface area (Å²) in [6.45, 7) is 4.98. The van der Waals surface area contributed by atoms with Crippen LogP contribution >= 0.6 is 0 Å². The van der Waals surface area contributed by atoms with Gasteiger partial charge in [-0.1, -0.05) is 157 Å². The van der Waals surface area contributed by atoms with Gasteiger partial charge in [-0.3, -0.25) is 4.79 Å². The van der Waals surface area contributed by atoms with Gasteiger partial charge in [-0.15, -0.1) is 0 Å². The Morgan fingerprint density at radius 1 is 0.532 bits per heavy atom. The second kappa shape index (κ2) is 39.7. The van der Waals surface area contributed by atoms with Gasteiger partial charge in [0.05, 0.1) is 19.8 Å². The lowest BCUT2D eigenvalue weighted by Gasteiger charge is -2.15. The SMILES string of the molecule is CC/C=C\C/C=C\C/C=C\C/C=C\C/C=C\CCOCC(CO)OC(=O)CCCCCCCCCCC/C=C\C/C=C\CCCCC. The van der Waals surface area contributed by atoms with Crippen molar-refractivity contribution in [2.75, 3.05) is 19.8 Å². The maximum Gasteiger partial charge on any atom is 0.306 e. The van der Waals surface area contributed by atoms with Crippen LogP contribution in [0.3, 0.4) is 0 Å². The number of hydrogen-bond acceptors (Lipinski definition) is 4. The Labute approximate surface area is 290 Å². The van der Waals surface area contributed by atoms with Crippen LogP contribution in [-0.2, 0) is 14.3 Å². The molecule has 0 aliphatic carbocycles. The molecule has 0 aromatic carbocycles. The van der Waals surface area contributed by atoms with Crippen molar-refractivity contribution in [3.05, 3.63) is 85.1 Å². The minimum absolute atomic E-state index is 0.208. The minimum atomic E-state index is -0.580. The fourth-order valence-electron chi connectivity index (χ4n) is 4.89. The summed E-state index contributed by atoms with van der Waals surface area (Å²) in [6.07, 6.45) is 55.0. The van der Waals surface area contributed by atoms with Gasteiger partial charge in [0.25, 0.3) is 0 Å². The molecule has 0 bridgehead atoms. The van der Waals surface area contributed by atoms with Crippen molar-refractivity contribution in [2.45, 2.75) is 161 Å². The highest BCUT2D eigenvalue weighted by Gasteiger charge is 2.13. The van der Waals surface area contributed by atoms with Gasteiger partial charge in [-0.2, -0.15) is 0 Å².